The Morgan fingerprint density at radius 2 is 2.16 bits per heavy atom. The zero-order valence-electron chi connectivity index (χ0n) is 12.4. The normalized spacial score (nSPS) is 18.9. The van der Waals surface area contributed by atoms with Crippen molar-refractivity contribution in [2.45, 2.75) is 58.0 Å². The summed E-state index contributed by atoms with van der Waals surface area (Å²) >= 11 is 0. The fourth-order valence-corrected chi connectivity index (χ4v) is 3.11. The average molecular weight is 264 g/mol. The predicted octanol–water partition coefficient (Wildman–Crippen LogP) is 3.58. The van der Waals surface area contributed by atoms with Crippen LogP contribution in [0.4, 0.5) is 0 Å². The third kappa shape index (κ3) is 4.36. The zero-order chi connectivity index (χ0) is 13.5. The number of likely N-dealkylation sites (N-methyl/N-ethyl adjacent to an activating group) is 1. The highest BCUT2D eigenvalue weighted by Gasteiger charge is 2.19. The van der Waals surface area contributed by atoms with E-state index in [1.807, 2.05) is 12.1 Å². The van der Waals surface area contributed by atoms with Crippen LogP contribution in [0, 0.1) is 0 Å². The van der Waals surface area contributed by atoms with Gasteiger partial charge < -0.3 is 9.73 Å². The van der Waals surface area contributed by atoms with Crippen molar-refractivity contribution in [2.75, 3.05) is 19.6 Å². The molecule has 108 valence electrons. The summed E-state index contributed by atoms with van der Waals surface area (Å²) in [6, 6.07) is 5.11. The van der Waals surface area contributed by atoms with E-state index in [0.29, 0.717) is 6.04 Å². The van der Waals surface area contributed by atoms with E-state index >= 15 is 0 Å². The Balaban J connectivity index is 1.70. The van der Waals surface area contributed by atoms with Gasteiger partial charge in [-0.15, -0.1) is 0 Å². The van der Waals surface area contributed by atoms with Crippen molar-refractivity contribution in [1.82, 2.24) is 10.2 Å². The van der Waals surface area contributed by atoms with Crippen LogP contribution in [-0.2, 0) is 0 Å². The second-order valence-corrected chi connectivity index (χ2v) is 5.61. The lowest BCUT2D eigenvalue weighted by atomic mass is 9.94. The van der Waals surface area contributed by atoms with Gasteiger partial charge in [0.05, 0.1) is 12.3 Å². The monoisotopic (exact) mass is 264 g/mol. The van der Waals surface area contributed by atoms with Gasteiger partial charge in [0, 0.05) is 19.1 Å². The fourth-order valence-electron chi connectivity index (χ4n) is 3.11. The van der Waals surface area contributed by atoms with Gasteiger partial charge in [-0.3, -0.25) is 4.90 Å². The minimum atomic E-state index is 0.306. The first-order valence-electron chi connectivity index (χ1n) is 7.82. The van der Waals surface area contributed by atoms with Crippen LogP contribution < -0.4 is 5.32 Å². The SMILES string of the molecule is CCN(CCNC(C)c1ccco1)C1CCCCC1. The van der Waals surface area contributed by atoms with E-state index in [1.54, 1.807) is 6.26 Å². The van der Waals surface area contributed by atoms with Crippen molar-refractivity contribution >= 4 is 0 Å². The van der Waals surface area contributed by atoms with Crippen molar-refractivity contribution in [3.63, 3.8) is 0 Å². The van der Waals surface area contributed by atoms with Gasteiger partial charge in [-0.2, -0.15) is 0 Å². The van der Waals surface area contributed by atoms with E-state index in [-0.39, 0.29) is 0 Å². The van der Waals surface area contributed by atoms with Gasteiger partial charge in [-0.25, -0.2) is 0 Å². The summed E-state index contributed by atoms with van der Waals surface area (Å²) in [5.74, 6) is 1.03. The Kier molecular flexibility index (Phi) is 5.93. The van der Waals surface area contributed by atoms with Gasteiger partial charge in [0.2, 0.25) is 0 Å². The maximum absolute atomic E-state index is 5.42. The topological polar surface area (TPSA) is 28.4 Å². The first-order valence-corrected chi connectivity index (χ1v) is 7.82. The Morgan fingerprint density at radius 1 is 1.37 bits per heavy atom. The molecule has 0 aliphatic heterocycles. The second kappa shape index (κ2) is 7.71. The van der Waals surface area contributed by atoms with Gasteiger partial charge in [0.25, 0.3) is 0 Å². The maximum atomic E-state index is 5.42. The van der Waals surface area contributed by atoms with Crippen LogP contribution >= 0.6 is 0 Å². The molecule has 1 unspecified atom stereocenters. The highest BCUT2D eigenvalue weighted by molar-refractivity contribution is 5.02. The average Bonchev–Trinajstić information content (AvgIpc) is 2.98. The van der Waals surface area contributed by atoms with E-state index < -0.39 is 0 Å². The van der Waals surface area contributed by atoms with Crippen molar-refractivity contribution in [3.8, 4) is 0 Å². The Labute approximate surface area is 117 Å². The third-order valence-corrected chi connectivity index (χ3v) is 4.32. The lowest BCUT2D eigenvalue weighted by molar-refractivity contribution is 0.162. The Hall–Kier alpha value is -0.800. The molecule has 1 aliphatic carbocycles. The molecule has 19 heavy (non-hydrogen) atoms. The summed E-state index contributed by atoms with van der Waals surface area (Å²) in [6.45, 7) is 7.79. The molecule has 2 rings (SSSR count). The molecule has 1 saturated carbocycles. The molecule has 1 atom stereocenters. The largest absolute Gasteiger partial charge is 0.468 e. The van der Waals surface area contributed by atoms with Crippen LogP contribution in [0.2, 0.25) is 0 Å². The first kappa shape index (κ1) is 14.6. The summed E-state index contributed by atoms with van der Waals surface area (Å²) in [5, 5.41) is 3.55. The van der Waals surface area contributed by atoms with E-state index in [0.717, 1.165) is 24.9 Å². The number of nitrogens with one attached hydrogen (secondary N) is 1. The molecule has 1 aliphatic rings. The predicted molar refractivity (Wildman–Crippen MR) is 79.2 cm³/mol. The van der Waals surface area contributed by atoms with Crippen molar-refractivity contribution in [3.05, 3.63) is 24.2 Å². The smallest absolute Gasteiger partial charge is 0.120 e. The second-order valence-electron chi connectivity index (χ2n) is 5.61. The molecule has 0 bridgehead atoms. The number of furan rings is 1. The Bertz CT molecular complexity index is 331. The minimum absolute atomic E-state index is 0.306. The number of rotatable bonds is 7. The van der Waals surface area contributed by atoms with Gasteiger partial charge >= 0.3 is 0 Å². The minimum Gasteiger partial charge on any atom is -0.468 e. The number of hydrogen-bond acceptors (Lipinski definition) is 3. The molecule has 0 aromatic carbocycles. The molecule has 1 aromatic rings. The van der Waals surface area contributed by atoms with Crippen molar-refractivity contribution in [2.24, 2.45) is 0 Å². The van der Waals surface area contributed by atoms with Crippen molar-refractivity contribution in [1.29, 1.82) is 0 Å². The lowest BCUT2D eigenvalue weighted by Gasteiger charge is -2.33. The van der Waals surface area contributed by atoms with Crippen LogP contribution in [0.3, 0.4) is 0 Å². The van der Waals surface area contributed by atoms with E-state index in [2.05, 4.69) is 24.1 Å². The maximum Gasteiger partial charge on any atom is 0.120 e. The van der Waals surface area contributed by atoms with Crippen LogP contribution in [0.5, 0.6) is 0 Å². The zero-order valence-corrected chi connectivity index (χ0v) is 12.4. The molecule has 1 fully saturated rings. The summed E-state index contributed by atoms with van der Waals surface area (Å²) < 4.78 is 5.42. The molecular weight excluding hydrogens is 236 g/mol. The van der Waals surface area contributed by atoms with Crippen LogP contribution in [0.25, 0.3) is 0 Å². The number of hydrogen-bond donors (Lipinski definition) is 1. The Morgan fingerprint density at radius 3 is 2.79 bits per heavy atom. The highest BCUT2D eigenvalue weighted by Crippen LogP contribution is 2.22. The van der Waals surface area contributed by atoms with Gasteiger partial charge in [-0.05, 0) is 38.4 Å². The van der Waals surface area contributed by atoms with E-state index in [4.69, 9.17) is 4.42 Å². The summed E-state index contributed by atoms with van der Waals surface area (Å²) in [5.41, 5.74) is 0. The van der Waals surface area contributed by atoms with Gasteiger partial charge in [0.15, 0.2) is 0 Å². The molecule has 1 heterocycles. The van der Waals surface area contributed by atoms with Gasteiger partial charge in [-0.1, -0.05) is 26.2 Å². The molecule has 3 nitrogen and oxygen atoms in total. The molecule has 1 aromatic heterocycles. The quantitative estimate of drug-likeness (QED) is 0.816. The number of nitrogens with zero attached hydrogens (tertiary/aromatic N) is 1. The molecule has 0 spiro atoms. The molecule has 0 saturated heterocycles. The third-order valence-electron chi connectivity index (χ3n) is 4.32. The standard InChI is InChI=1S/C16H28N2O/c1-3-18(15-8-5-4-6-9-15)12-11-17-14(2)16-10-7-13-19-16/h7,10,13-15,17H,3-6,8-9,11-12H2,1-2H3. The molecule has 0 radical (unpaired) electrons. The van der Waals surface area contributed by atoms with Crippen LogP contribution in [-0.4, -0.2) is 30.6 Å². The van der Waals surface area contributed by atoms with Crippen LogP contribution in [0.1, 0.15) is 57.8 Å². The molecule has 0 amide bonds. The lowest BCUT2D eigenvalue weighted by Crippen LogP contribution is -2.41. The molecule has 1 N–H and O–H groups in total. The molecule has 3 heteroatoms. The van der Waals surface area contributed by atoms with Crippen LogP contribution in [0.15, 0.2) is 22.8 Å². The summed E-state index contributed by atoms with van der Waals surface area (Å²) in [4.78, 5) is 2.64. The first-order chi connectivity index (χ1) is 9.31. The van der Waals surface area contributed by atoms with Gasteiger partial charge in [0.1, 0.15) is 5.76 Å². The molecular formula is C16H28N2O. The van der Waals surface area contributed by atoms with E-state index in [1.165, 1.54) is 38.6 Å². The highest BCUT2D eigenvalue weighted by atomic mass is 16.3. The summed E-state index contributed by atoms with van der Waals surface area (Å²) in [6.07, 6.45) is 8.79. The van der Waals surface area contributed by atoms with E-state index in [9.17, 15) is 0 Å². The van der Waals surface area contributed by atoms with Crippen molar-refractivity contribution < 1.29 is 4.42 Å². The fraction of sp³-hybridized carbons (Fsp3) is 0.750. The summed E-state index contributed by atoms with van der Waals surface area (Å²) in [7, 11) is 0.